The number of benzene rings is 1. The van der Waals surface area contributed by atoms with E-state index in [1.54, 1.807) is 23.1 Å². The zero-order valence-corrected chi connectivity index (χ0v) is 14.5. The van der Waals surface area contributed by atoms with Crippen molar-refractivity contribution < 1.29 is 17.9 Å². The van der Waals surface area contributed by atoms with Gasteiger partial charge in [-0.25, -0.2) is 8.42 Å². The molecule has 6 nitrogen and oxygen atoms in total. The summed E-state index contributed by atoms with van der Waals surface area (Å²) in [5.41, 5.74) is 1.73. The van der Waals surface area contributed by atoms with Crippen LogP contribution in [0, 0.1) is 0 Å². The molecule has 1 aromatic rings. The summed E-state index contributed by atoms with van der Waals surface area (Å²) in [5, 5.41) is 0. The second-order valence-corrected chi connectivity index (χ2v) is 8.23. The Morgan fingerprint density at radius 1 is 1.22 bits per heavy atom. The highest BCUT2D eigenvalue weighted by Gasteiger charge is 2.33. The van der Waals surface area contributed by atoms with E-state index < -0.39 is 10.0 Å². The number of sulfonamides is 1. The lowest BCUT2D eigenvalue weighted by molar-refractivity contribution is -0.116. The maximum atomic E-state index is 12.9. The van der Waals surface area contributed by atoms with Crippen molar-refractivity contribution >= 4 is 21.6 Å². The summed E-state index contributed by atoms with van der Waals surface area (Å²) < 4.78 is 32.9. The van der Waals surface area contributed by atoms with Crippen molar-refractivity contribution in [3.05, 3.63) is 23.8 Å². The van der Waals surface area contributed by atoms with E-state index in [4.69, 9.17) is 4.74 Å². The average molecular weight is 338 g/mol. The minimum absolute atomic E-state index is 0.0183. The first kappa shape index (κ1) is 16.4. The van der Waals surface area contributed by atoms with E-state index in [-0.39, 0.29) is 18.1 Å². The summed E-state index contributed by atoms with van der Waals surface area (Å²) >= 11 is 0. The molecule has 2 aliphatic rings. The largest absolute Gasteiger partial charge is 0.373 e. The molecule has 1 fully saturated rings. The number of carbonyl (C=O) groups excluding carboxylic acids is 1. The first-order chi connectivity index (χ1) is 10.8. The number of rotatable bonds is 2. The van der Waals surface area contributed by atoms with Gasteiger partial charge in [-0.1, -0.05) is 0 Å². The van der Waals surface area contributed by atoms with Crippen LogP contribution in [0.4, 0.5) is 5.69 Å². The topological polar surface area (TPSA) is 66.9 Å². The number of hydrogen-bond acceptors (Lipinski definition) is 4. The first-order valence-corrected chi connectivity index (χ1v) is 9.29. The maximum absolute atomic E-state index is 12.9. The van der Waals surface area contributed by atoms with Crippen LogP contribution in [0.25, 0.3) is 0 Å². The fourth-order valence-corrected chi connectivity index (χ4v) is 4.98. The van der Waals surface area contributed by atoms with Gasteiger partial charge in [-0.2, -0.15) is 4.31 Å². The Kier molecular flexibility index (Phi) is 4.20. The van der Waals surface area contributed by atoms with E-state index in [0.717, 1.165) is 11.3 Å². The molecule has 0 aliphatic carbocycles. The predicted octanol–water partition coefficient (Wildman–Crippen LogP) is 1.39. The standard InChI is InChI=1S/C16H22N2O4S/c1-11-9-17(10-12(2)22-11)23(20,21)15-4-5-16-14(8-15)6-7-18(16)13(3)19/h4-5,8,11-12H,6-7,9-10H2,1-3H3. The predicted molar refractivity (Wildman–Crippen MR) is 86.9 cm³/mol. The summed E-state index contributed by atoms with van der Waals surface area (Å²) in [5.74, 6) is -0.0183. The Morgan fingerprint density at radius 3 is 2.48 bits per heavy atom. The van der Waals surface area contributed by atoms with Crippen molar-refractivity contribution in [2.45, 2.75) is 44.3 Å². The van der Waals surface area contributed by atoms with Crippen molar-refractivity contribution in [1.29, 1.82) is 0 Å². The fourth-order valence-electron chi connectivity index (χ4n) is 3.34. The van der Waals surface area contributed by atoms with Gasteiger partial charge < -0.3 is 9.64 Å². The summed E-state index contributed by atoms with van der Waals surface area (Å²) in [6.45, 7) is 6.62. The summed E-state index contributed by atoms with van der Waals surface area (Å²) in [6, 6.07) is 5.04. The SMILES string of the molecule is CC(=O)N1CCc2cc(S(=O)(=O)N3CC(C)OC(C)C3)ccc21. The van der Waals surface area contributed by atoms with Crippen LogP contribution in [0.3, 0.4) is 0 Å². The monoisotopic (exact) mass is 338 g/mol. The number of ether oxygens (including phenoxy) is 1. The number of anilines is 1. The number of nitrogens with zero attached hydrogens (tertiary/aromatic N) is 2. The molecule has 2 atom stereocenters. The van der Waals surface area contributed by atoms with Gasteiger partial charge in [0.1, 0.15) is 0 Å². The zero-order chi connectivity index (χ0) is 16.8. The molecule has 23 heavy (non-hydrogen) atoms. The molecule has 0 saturated carbocycles. The molecule has 0 bridgehead atoms. The van der Waals surface area contributed by atoms with Crippen LogP contribution in [-0.4, -0.2) is 50.5 Å². The van der Waals surface area contributed by atoms with E-state index >= 15 is 0 Å². The van der Waals surface area contributed by atoms with Gasteiger partial charge in [-0.3, -0.25) is 4.79 Å². The number of amides is 1. The van der Waals surface area contributed by atoms with Gasteiger partial charge in [0, 0.05) is 32.2 Å². The van der Waals surface area contributed by atoms with Crippen LogP contribution in [0.15, 0.2) is 23.1 Å². The van der Waals surface area contributed by atoms with Crippen LogP contribution < -0.4 is 4.90 Å². The molecule has 0 aromatic heterocycles. The Morgan fingerprint density at radius 2 is 1.87 bits per heavy atom. The molecule has 0 radical (unpaired) electrons. The third-order valence-corrected chi connectivity index (χ3v) is 6.18. The molecule has 2 unspecified atom stereocenters. The molecule has 3 rings (SSSR count). The Bertz CT molecular complexity index is 722. The molecule has 2 heterocycles. The highest BCUT2D eigenvalue weighted by molar-refractivity contribution is 7.89. The number of fused-ring (bicyclic) bond motifs is 1. The van der Waals surface area contributed by atoms with Gasteiger partial charge in [0.15, 0.2) is 0 Å². The quantitative estimate of drug-likeness (QED) is 0.817. The lowest BCUT2D eigenvalue weighted by atomic mass is 10.2. The van der Waals surface area contributed by atoms with E-state index in [1.165, 1.54) is 11.2 Å². The third-order valence-electron chi connectivity index (χ3n) is 4.35. The molecule has 1 aromatic carbocycles. The maximum Gasteiger partial charge on any atom is 0.243 e. The zero-order valence-electron chi connectivity index (χ0n) is 13.7. The van der Waals surface area contributed by atoms with E-state index in [0.29, 0.717) is 31.0 Å². The first-order valence-electron chi connectivity index (χ1n) is 7.85. The minimum Gasteiger partial charge on any atom is -0.373 e. The van der Waals surface area contributed by atoms with Gasteiger partial charge in [-0.15, -0.1) is 0 Å². The molecule has 1 saturated heterocycles. The smallest absolute Gasteiger partial charge is 0.243 e. The summed E-state index contributed by atoms with van der Waals surface area (Å²) in [6.07, 6.45) is 0.459. The van der Waals surface area contributed by atoms with Crippen molar-refractivity contribution in [1.82, 2.24) is 4.31 Å². The molecule has 0 spiro atoms. The lowest BCUT2D eigenvalue weighted by Crippen LogP contribution is -2.48. The second-order valence-electron chi connectivity index (χ2n) is 6.29. The second kappa shape index (κ2) is 5.89. The number of morpholine rings is 1. The number of hydrogen-bond donors (Lipinski definition) is 0. The van der Waals surface area contributed by atoms with Crippen molar-refractivity contribution in [2.24, 2.45) is 0 Å². The van der Waals surface area contributed by atoms with E-state index in [2.05, 4.69) is 0 Å². The molecule has 7 heteroatoms. The summed E-state index contributed by atoms with van der Waals surface area (Å²) in [4.78, 5) is 13.6. The molecular weight excluding hydrogens is 316 g/mol. The highest BCUT2D eigenvalue weighted by atomic mass is 32.2. The van der Waals surface area contributed by atoms with Gasteiger partial charge in [0.05, 0.1) is 17.1 Å². The Labute approximate surface area is 137 Å². The van der Waals surface area contributed by atoms with Crippen LogP contribution in [0.1, 0.15) is 26.3 Å². The van der Waals surface area contributed by atoms with Crippen LogP contribution in [0.5, 0.6) is 0 Å². The molecule has 126 valence electrons. The summed E-state index contributed by atoms with van der Waals surface area (Å²) in [7, 11) is -3.54. The molecular formula is C16H22N2O4S. The minimum atomic E-state index is -3.54. The van der Waals surface area contributed by atoms with Crippen molar-refractivity contribution in [2.75, 3.05) is 24.5 Å². The van der Waals surface area contributed by atoms with E-state index in [1.807, 2.05) is 13.8 Å². The van der Waals surface area contributed by atoms with Gasteiger partial charge in [0.2, 0.25) is 15.9 Å². The fraction of sp³-hybridized carbons (Fsp3) is 0.562. The van der Waals surface area contributed by atoms with Crippen LogP contribution in [-0.2, 0) is 26.0 Å². The Balaban J connectivity index is 1.91. The number of carbonyl (C=O) groups is 1. The van der Waals surface area contributed by atoms with Crippen molar-refractivity contribution in [3.8, 4) is 0 Å². The third kappa shape index (κ3) is 3.00. The highest BCUT2D eigenvalue weighted by Crippen LogP contribution is 2.31. The normalized spacial score (nSPS) is 25.4. The molecule has 1 amide bonds. The Hall–Kier alpha value is -1.44. The molecule has 0 N–H and O–H groups in total. The average Bonchev–Trinajstić information content (AvgIpc) is 2.89. The van der Waals surface area contributed by atoms with Crippen molar-refractivity contribution in [3.63, 3.8) is 0 Å². The lowest BCUT2D eigenvalue weighted by Gasteiger charge is -2.34. The molecule has 2 aliphatic heterocycles. The van der Waals surface area contributed by atoms with Crippen LogP contribution in [0.2, 0.25) is 0 Å². The van der Waals surface area contributed by atoms with Crippen LogP contribution >= 0.6 is 0 Å². The van der Waals surface area contributed by atoms with Gasteiger partial charge in [-0.05, 0) is 44.0 Å². The van der Waals surface area contributed by atoms with E-state index in [9.17, 15) is 13.2 Å². The van der Waals surface area contributed by atoms with Gasteiger partial charge >= 0.3 is 0 Å². The van der Waals surface area contributed by atoms with Gasteiger partial charge in [0.25, 0.3) is 0 Å².